The molecule has 2 aliphatic heterocycles. The molecule has 0 aromatic carbocycles. The Kier molecular flexibility index (Phi) is 4.99. The first kappa shape index (κ1) is 15.3. The quantitative estimate of drug-likeness (QED) is 0.779. The van der Waals surface area contributed by atoms with Gasteiger partial charge >= 0.3 is 0 Å². The lowest BCUT2D eigenvalue weighted by molar-refractivity contribution is -0.147. The summed E-state index contributed by atoms with van der Waals surface area (Å²) in [6, 6.07) is -0.849. The van der Waals surface area contributed by atoms with E-state index in [1.807, 2.05) is 13.8 Å². The van der Waals surface area contributed by atoms with E-state index >= 15 is 0 Å². The van der Waals surface area contributed by atoms with E-state index in [1.165, 1.54) is 0 Å². The zero-order valence-corrected chi connectivity index (χ0v) is 12.4. The maximum atomic E-state index is 12.5. The van der Waals surface area contributed by atoms with Crippen molar-refractivity contribution in [3.63, 3.8) is 0 Å². The van der Waals surface area contributed by atoms with Gasteiger partial charge in [-0.1, -0.05) is 13.8 Å². The first-order valence-corrected chi connectivity index (χ1v) is 7.45. The number of carbonyl (C=O) groups excluding carboxylic acids is 2. The molecule has 2 aliphatic rings. The van der Waals surface area contributed by atoms with Crippen LogP contribution in [0.1, 0.15) is 26.7 Å². The molecule has 2 fully saturated rings. The summed E-state index contributed by atoms with van der Waals surface area (Å²) in [5, 5.41) is 0. The number of carbonyl (C=O) groups is 2. The van der Waals surface area contributed by atoms with Crippen LogP contribution in [0.3, 0.4) is 0 Å². The summed E-state index contributed by atoms with van der Waals surface area (Å²) in [4.78, 5) is 28.4. The average molecular weight is 283 g/mol. The van der Waals surface area contributed by atoms with Gasteiger partial charge in [0.25, 0.3) is 0 Å². The molecule has 2 amide bonds. The Morgan fingerprint density at radius 2 is 1.85 bits per heavy atom. The van der Waals surface area contributed by atoms with Crippen molar-refractivity contribution in [2.24, 2.45) is 11.7 Å². The molecule has 20 heavy (non-hydrogen) atoms. The van der Waals surface area contributed by atoms with Crippen molar-refractivity contribution in [3.05, 3.63) is 0 Å². The number of nitrogens with zero attached hydrogens (tertiary/aromatic N) is 2. The van der Waals surface area contributed by atoms with Gasteiger partial charge in [0.1, 0.15) is 6.04 Å². The molecule has 114 valence electrons. The summed E-state index contributed by atoms with van der Waals surface area (Å²) in [5.41, 5.74) is 5.94. The molecule has 1 unspecified atom stereocenters. The normalized spacial score (nSPS) is 25.1. The standard InChI is InChI=1S/C14H25N3O3/c1-10(2)12(15)14(19)17-5-3-4-11(17)13(18)16-6-8-20-9-7-16/h10-12H,3-9,15H2,1-2H3/t11?,12-/m1/s1. The van der Waals surface area contributed by atoms with Gasteiger partial charge in [0.05, 0.1) is 19.3 Å². The van der Waals surface area contributed by atoms with Crippen LogP contribution in [-0.2, 0) is 14.3 Å². The molecule has 0 spiro atoms. The zero-order valence-electron chi connectivity index (χ0n) is 12.4. The third kappa shape index (κ3) is 3.12. The number of ether oxygens (including phenoxy) is 1. The highest BCUT2D eigenvalue weighted by atomic mass is 16.5. The van der Waals surface area contributed by atoms with Gasteiger partial charge in [0, 0.05) is 19.6 Å². The SMILES string of the molecule is CC(C)[C@@H](N)C(=O)N1CCCC1C(=O)N1CCOCC1. The lowest BCUT2D eigenvalue weighted by Gasteiger charge is -2.33. The van der Waals surface area contributed by atoms with Crippen LogP contribution in [0.4, 0.5) is 0 Å². The number of hydrogen-bond donors (Lipinski definition) is 1. The molecular weight excluding hydrogens is 258 g/mol. The molecule has 0 aromatic rings. The van der Waals surface area contributed by atoms with Crippen LogP contribution in [-0.4, -0.2) is 66.5 Å². The van der Waals surface area contributed by atoms with Crippen molar-refractivity contribution in [1.29, 1.82) is 0 Å². The van der Waals surface area contributed by atoms with E-state index in [9.17, 15) is 9.59 Å². The Bertz CT molecular complexity index is 367. The molecule has 2 saturated heterocycles. The van der Waals surface area contributed by atoms with Gasteiger partial charge in [-0.05, 0) is 18.8 Å². The number of hydrogen-bond acceptors (Lipinski definition) is 4. The minimum atomic E-state index is -0.520. The van der Waals surface area contributed by atoms with Crippen molar-refractivity contribution >= 4 is 11.8 Å². The highest BCUT2D eigenvalue weighted by Crippen LogP contribution is 2.21. The lowest BCUT2D eigenvalue weighted by atomic mass is 10.0. The summed E-state index contributed by atoms with van der Waals surface area (Å²) in [7, 11) is 0. The van der Waals surface area contributed by atoms with Gasteiger partial charge in [-0.15, -0.1) is 0 Å². The summed E-state index contributed by atoms with van der Waals surface area (Å²) in [6.07, 6.45) is 1.62. The van der Waals surface area contributed by atoms with E-state index in [1.54, 1.807) is 9.80 Å². The molecule has 2 heterocycles. The topological polar surface area (TPSA) is 75.9 Å². The number of likely N-dealkylation sites (tertiary alicyclic amines) is 1. The van der Waals surface area contributed by atoms with Crippen molar-refractivity contribution in [3.8, 4) is 0 Å². The largest absolute Gasteiger partial charge is 0.378 e. The van der Waals surface area contributed by atoms with E-state index in [2.05, 4.69) is 0 Å². The molecule has 2 atom stereocenters. The molecular formula is C14H25N3O3. The number of nitrogens with two attached hydrogens (primary N) is 1. The number of rotatable bonds is 3. The lowest BCUT2D eigenvalue weighted by Crippen LogP contribution is -2.54. The Morgan fingerprint density at radius 3 is 2.45 bits per heavy atom. The Hall–Kier alpha value is -1.14. The minimum Gasteiger partial charge on any atom is -0.378 e. The van der Waals surface area contributed by atoms with Crippen LogP contribution in [0.2, 0.25) is 0 Å². The summed E-state index contributed by atoms with van der Waals surface area (Å²) in [5.74, 6) is 0.0430. The second-order valence-corrected chi connectivity index (χ2v) is 5.90. The first-order valence-electron chi connectivity index (χ1n) is 7.45. The molecule has 6 nitrogen and oxygen atoms in total. The third-order valence-electron chi connectivity index (χ3n) is 4.15. The van der Waals surface area contributed by atoms with Gasteiger partial charge in [0.2, 0.25) is 11.8 Å². The molecule has 0 bridgehead atoms. The third-order valence-corrected chi connectivity index (χ3v) is 4.15. The second kappa shape index (κ2) is 6.54. The van der Waals surface area contributed by atoms with Crippen LogP contribution in [0.5, 0.6) is 0 Å². The molecule has 0 aromatic heterocycles. The maximum absolute atomic E-state index is 12.5. The first-order chi connectivity index (χ1) is 9.52. The predicted molar refractivity (Wildman–Crippen MR) is 74.9 cm³/mol. The van der Waals surface area contributed by atoms with Crippen LogP contribution < -0.4 is 5.73 Å². The molecule has 0 aliphatic carbocycles. The van der Waals surface area contributed by atoms with E-state index in [-0.39, 0.29) is 23.8 Å². The molecule has 2 rings (SSSR count). The van der Waals surface area contributed by atoms with Gasteiger partial charge < -0.3 is 20.3 Å². The van der Waals surface area contributed by atoms with Crippen LogP contribution >= 0.6 is 0 Å². The summed E-state index contributed by atoms with van der Waals surface area (Å²) in [6.45, 7) is 6.89. The minimum absolute atomic E-state index is 0.0510. The highest BCUT2D eigenvalue weighted by molar-refractivity contribution is 5.90. The maximum Gasteiger partial charge on any atom is 0.245 e. The van der Waals surface area contributed by atoms with E-state index < -0.39 is 6.04 Å². The van der Waals surface area contributed by atoms with E-state index in [0.717, 1.165) is 12.8 Å². The fourth-order valence-corrected chi connectivity index (χ4v) is 2.76. The highest BCUT2D eigenvalue weighted by Gasteiger charge is 2.38. The average Bonchev–Trinajstić information content (AvgIpc) is 2.95. The molecule has 6 heteroatoms. The fourth-order valence-electron chi connectivity index (χ4n) is 2.76. The molecule has 0 radical (unpaired) electrons. The number of amides is 2. The predicted octanol–water partition coefficient (Wildman–Crippen LogP) is -0.180. The fraction of sp³-hybridized carbons (Fsp3) is 0.857. The van der Waals surface area contributed by atoms with Gasteiger partial charge in [0.15, 0.2) is 0 Å². The Balaban J connectivity index is 2.02. The van der Waals surface area contributed by atoms with Crippen LogP contribution in [0, 0.1) is 5.92 Å². The van der Waals surface area contributed by atoms with Gasteiger partial charge in [-0.25, -0.2) is 0 Å². The molecule has 2 N–H and O–H groups in total. The smallest absolute Gasteiger partial charge is 0.245 e. The monoisotopic (exact) mass is 283 g/mol. The van der Waals surface area contributed by atoms with Crippen molar-refractivity contribution in [1.82, 2.24) is 9.80 Å². The van der Waals surface area contributed by atoms with Gasteiger partial charge in [-0.2, -0.15) is 0 Å². The Morgan fingerprint density at radius 1 is 1.20 bits per heavy atom. The van der Waals surface area contributed by atoms with Crippen LogP contribution in [0.25, 0.3) is 0 Å². The van der Waals surface area contributed by atoms with Crippen LogP contribution in [0.15, 0.2) is 0 Å². The second-order valence-electron chi connectivity index (χ2n) is 5.90. The van der Waals surface area contributed by atoms with Crippen molar-refractivity contribution in [2.45, 2.75) is 38.8 Å². The van der Waals surface area contributed by atoms with Crippen molar-refractivity contribution in [2.75, 3.05) is 32.8 Å². The summed E-state index contributed by atoms with van der Waals surface area (Å²) >= 11 is 0. The number of morpholine rings is 1. The summed E-state index contributed by atoms with van der Waals surface area (Å²) < 4.78 is 5.26. The van der Waals surface area contributed by atoms with Gasteiger partial charge in [-0.3, -0.25) is 9.59 Å². The van der Waals surface area contributed by atoms with Crippen molar-refractivity contribution < 1.29 is 14.3 Å². The van der Waals surface area contributed by atoms with E-state index in [4.69, 9.17) is 10.5 Å². The Labute approximate surface area is 120 Å². The zero-order chi connectivity index (χ0) is 14.7. The van der Waals surface area contributed by atoms with E-state index in [0.29, 0.717) is 32.8 Å². The molecule has 0 saturated carbocycles.